The first-order valence-electron chi connectivity index (χ1n) is 5.97. The number of anilines is 2. The van der Waals surface area contributed by atoms with Crippen LogP contribution in [0.25, 0.3) is 0 Å². The molecule has 0 fully saturated rings. The van der Waals surface area contributed by atoms with E-state index in [0.717, 1.165) is 4.90 Å². The molecule has 21 heavy (non-hydrogen) atoms. The van der Waals surface area contributed by atoms with Crippen molar-refractivity contribution in [3.05, 3.63) is 41.4 Å². The van der Waals surface area contributed by atoms with Crippen LogP contribution in [0.4, 0.5) is 11.4 Å². The van der Waals surface area contributed by atoms with Gasteiger partial charge in [0.25, 0.3) is 5.91 Å². The Labute approximate surface area is 129 Å². The minimum Gasteiger partial charge on any atom is -0.324 e. The van der Waals surface area contributed by atoms with Gasteiger partial charge in [-0.1, -0.05) is 11.6 Å². The van der Waals surface area contributed by atoms with Gasteiger partial charge in [0.2, 0.25) is 5.91 Å². The van der Waals surface area contributed by atoms with Crippen LogP contribution < -0.4 is 10.6 Å². The molecule has 1 aliphatic rings. The van der Waals surface area contributed by atoms with Crippen molar-refractivity contribution in [3.8, 4) is 0 Å². The molecule has 106 valence electrons. The number of nitrogens with one attached hydrogen (secondary N) is 2. The molecule has 1 aliphatic heterocycles. The Balaban J connectivity index is 1.79. The van der Waals surface area contributed by atoms with E-state index in [9.17, 15) is 9.59 Å². The highest BCUT2D eigenvalue weighted by Gasteiger charge is 2.16. The number of carbonyl (C=O) groups excluding carboxylic acids is 2. The summed E-state index contributed by atoms with van der Waals surface area (Å²) in [7, 11) is 0. The number of carbonyl (C=O) groups is 2. The summed E-state index contributed by atoms with van der Waals surface area (Å²) in [4.78, 5) is 32.0. The van der Waals surface area contributed by atoms with E-state index in [1.165, 1.54) is 24.2 Å². The van der Waals surface area contributed by atoms with Crippen LogP contribution in [0.5, 0.6) is 0 Å². The molecule has 2 amide bonds. The molecule has 3 rings (SSSR count). The van der Waals surface area contributed by atoms with Gasteiger partial charge in [0.1, 0.15) is 10.8 Å². The van der Waals surface area contributed by atoms with Gasteiger partial charge in [-0.2, -0.15) is 0 Å². The normalized spacial score (nSPS) is 13.3. The molecule has 0 atom stereocenters. The van der Waals surface area contributed by atoms with Gasteiger partial charge in [0, 0.05) is 10.6 Å². The van der Waals surface area contributed by atoms with Crippen molar-refractivity contribution in [2.45, 2.75) is 4.90 Å². The fraction of sp³-hybridized carbons (Fsp3) is 0.0769. The zero-order valence-electron chi connectivity index (χ0n) is 10.6. The third-order valence-electron chi connectivity index (χ3n) is 2.72. The SMILES string of the molecule is O=C1CSc2ccc(NC(=O)c3cnc(Cl)cn3)cc2N1. The maximum Gasteiger partial charge on any atom is 0.275 e. The number of fused-ring (bicyclic) bond motifs is 1. The van der Waals surface area contributed by atoms with Crippen LogP contribution in [0.15, 0.2) is 35.5 Å². The smallest absolute Gasteiger partial charge is 0.275 e. The molecule has 0 unspecified atom stereocenters. The van der Waals surface area contributed by atoms with E-state index in [1.807, 2.05) is 6.07 Å². The number of thioether (sulfide) groups is 1. The summed E-state index contributed by atoms with van der Waals surface area (Å²) in [6, 6.07) is 5.33. The number of aromatic nitrogens is 2. The average Bonchev–Trinajstić information content (AvgIpc) is 2.47. The minimum absolute atomic E-state index is 0.0560. The van der Waals surface area contributed by atoms with Crippen LogP contribution >= 0.6 is 23.4 Å². The van der Waals surface area contributed by atoms with Crippen LogP contribution in [-0.2, 0) is 4.79 Å². The predicted octanol–water partition coefficient (Wildman–Crippen LogP) is 2.43. The average molecular weight is 321 g/mol. The summed E-state index contributed by atoms with van der Waals surface area (Å²) in [5, 5.41) is 5.68. The zero-order valence-corrected chi connectivity index (χ0v) is 12.2. The van der Waals surface area contributed by atoms with Crippen LogP contribution in [0.3, 0.4) is 0 Å². The van der Waals surface area contributed by atoms with Gasteiger partial charge in [-0.15, -0.1) is 11.8 Å². The topological polar surface area (TPSA) is 84.0 Å². The first-order chi connectivity index (χ1) is 10.1. The molecule has 8 heteroatoms. The number of nitrogens with zero attached hydrogens (tertiary/aromatic N) is 2. The summed E-state index contributed by atoms with van der Waals surface area (Å²) in [5.74, 6) is -0.0487. The Hall–Kier alpha value is -2.12. The largest absolute Gasteiger partial charge is 0.324 e. The summed E-state index contributed by atoms with van der Waals surface area (Å²) >= 11 is 7.08. The summed E-state index contributed by atoms with van der Waals surface area (Å²) in [6.07, 6.45) is 2.61. The van der Waals surface area contributed by atoms with Crippen molar-refractivity contribution in [1.29, 1.82) is 0 Å². The van der Waals surface area contributed by atoms with E-state index in [-0.39, 0.29) is 16.8 Å². The summed E-state index contributed by atoms with van der Waals surface area (Å²) < 4.78 is 0. The predicted molar refractivity (Wildman–Crippen MR) is 80.8 cm³/mol. The fourth-order valence-electron chi connectivity index (χ4n) is 1.79. The minimum atomic E-state index is -0.395. The second kappa shape index (κ2) is 5.71. The van der Waals surface area contributed by atoms with Gasteiger partial charge >= 0.3 is 0 Å². The van der Waals surface area contributed by atoms with Gasteiger partial charge in [0.15, 0.2) is 0 Å². The molecular weight excluding hydrogens is 312 g/mol. The standard InChI is InChI=1S/C13H9ClN4O2S/c14-11-5-15-9(4-16-11)13(20)17-7-1-2-10-8(3-7)18-12(19)6-21-10/h1-5H,6H2,(H,17,20)(H,18,19). The van der Waals surface area contributed by atoms with Gasteiger partial charge in [-0.3, -0.25) is 9.59 Å². The molecule has 0 radical (unpaired) electrons. The monoisotopic (exact) mass is 320 g/mol. The van der Waals surface area contributed by atoms with Crippen molar-refractivity contribution in [2.24, 2.45) is 0 Å². The van der Waals surface area contributed by atoms with Crippen LogP contribution in [0.1, 0.15) is 10.5 Å². The first kappa shape index (κ1) is 13.8. The summed E-state index contributed by atoms with van der Waals surface area (Å²) in [6.45, 7) is 0. The fourth-order valence-corrected chi connectivity index (χ4v) is 2.67. The number of amides is 2. The molecule has 2 N–H and O–H groups in total. The first-order valence-corrected chi connectivity index (χ1v) is 7.34. The lowest BCUT2D eigenvalue weighted by atomic mass is 10.2. The second-order valence-electron chi connectivity index (χ2n) is 4.23. The Kier molecular flexibility index (Phi) is 3.76. The molecule has 1 aromatic carbocycles. The molecule has 0 bridgehead atoms. The zero-order chi connectivity index (χ0) is 14.8. The van der Waals surface area contributed by atoms with Crippen molar-refractivity contribution in [1.82, 2.24) is 9.97 Å². The number of benzene rings is 1. The van der Waals surface area contributed by atoms with Gasteiger partial charge in [-0.25, -0.2) is 9.97 Å². The number of hydrogen-bond donors (Lipinski definition) is 2. The quantitative estimate of drug-likeness (QED) is 0.887. The van der Waals surface area contributed by atoms with Gasteiger partial charge in [0.05, 0.1) is 23.8 Å². The van der Waals surface area contributed by atoms with E-state index < -0.39 is 5.91 Å². The number of hydrogen-bond acceptors (Lipinski definition) is 5. The van der Waals surface area contributed by atoms with Gasteiger partial charge in [-0.05, 0) is 18.2 Å². The Bertz CT molecular complexity index is 721. The molecule has 0 spiro atoms. The Morgan fingerprint density at radius 3 is 2.95 bits per heavy atom. The lowest BCUT2D eigenvalue weighted by molar-refractivity contribution is -0.113. The van der Waals surface area contributed by atoms with Crippen LogP contribution in [0, 0.1) is 0 Å². The van der Waals surface area contributed by atoms with Gasteiger partial charge < -0.3 is 10.6 Å². The highest BCUT2D eigenvalue weighted by Crippen LogP contribution is 2.33. The number of rotatable bonds is 2. The molecule has 0 aliphatic carbocycles. The molecule has 0 saturated carbocycles. The molecule has 0 saturated heterocycles. The van der Waals surface area contributed by atoms with E-state index in [1.54, 1.807) is 12.1 Å². The second-order valence-corrected chi connectivity index (χ2v) is 5.63. The molecule has 2 aromatic rings. The lowest BCUT2D eigenvalue weighted by Gasteiger charge is -2.17. The lowest BCUT2D eigenvalue weighted by Crippen LogP contribution is -2.19. The van der Waals surface area contributed by atoms with Crippen molar-refractivity contribution in [3.63, 3.8) is 0 Å². The van der Waals surface area contributed by atoms with E-state index in [4.69, 9.17) is 11.6 Å². The van der Waals surface area contributed by atoms with Crippen molar-refractivity contribution >= 4 is 46.6 Å². The van der Waals surface area contributed by atoms with Crippen molar-refractivity contribution in [2.75, 3.05) is 16.4 Å². The Morgan fingerprint density at radius 2 is 2.19 bits per heavy atom. The van der Waals surface area contributed by atoms with Crippen LogP contribution in [-0.4, -0.2) is 27.5 Å². The molecular formula is C13H9ClN4O2S. The highest BCUT2D eigenvalue weighted by atomic mass is 35.5. The molecule has 1 aromatic heterocycles. The maximum absolute atomic E-state index is 12.0. The Morgan fingerprint density at radius 1 is 1.33 bits per heavy atom. The van der Waals surface area contributed by atoms with E-state index >= 15 is 0 Å². The van der Waals surface area contributed by atoms with Crippen molar-refractivity contribution < 1.29 is 9.59 Å². The summed E-state index contributed by atoms with van der Waals surface area (Å²) in [5.41, 5.74) is 1.42. The maximum atomic E-state index is 12.0. The molecule has 6 nitrogen and oxygen atoms in total. The molecule has 2 heterocycles. The highest BCUT2D eigenvalue weighted by molar-refractivity contribution is 8.00. The number of halogens is 1. The van der Waals surface area contributed by atoms with E-state index in [2.05, 4.69) is 20.6 Å². The van der Waals surface area contributed by atoms with Crippen LogP contribution in [0.2, 0.25) is 5.15 Å². The third-order valence-corrected chi connectivity index (χ3v) is 3.99. The third kappa shape index (κ3) is 3.14. The van der Waals surface area contributed by atoms with E-state index in [0.29, 0.717) is 17.1 Å².